The number of nitrogens with zero attached hydrogens (tertiary/aromatic N) is 4. The van der Waals surface area contributed by atoms with Gasteiger partial charge in [0.25, 0.3) is 0 Å². The van der Waals surface area contributed by atoms with Crippen LogP contribution in [0.5, 0.6) is 0 Å². The van der Waals surface area contributed by atoms with E-state index in [1.165, 1.54) is 32.1 Å². The van der Waals surface area contributed by atoms with Gasteiger partial charge in [-0.15, -0.1) is 5.10 Å². The average Bonchev–Trinajstić information content (AvgIpc) is 2.78. The van der Waals surface area contributed by atoms with Gasteiger partial charge in [0.1, 0.15) is 6.07 Å². The van der Waals surface area contributed by atoms with Crippen LogP contribution in [0.25, 0.3) is 6.08 Å². The molecule has 0 atom stereocenters. The van der Waals surface area contributed by atoms with Gasteiger partial charge in [-0.25, -0.2) is 4.68 Å². The SMILES string of the molecule is Cn1nnc(C#N)c1/C=C/C1C2CC3CC(C2)CC1C3. The molecule has 4 fully saturated rings. The average molecular weight is 268 g/mol. The second-order valence-corrected chi connectivity index (χ2v) is 6.93. The summed E-state index contributed by atoms with van der Waals surface area (Å²) in [6.07, 6.45) is 11.6. The lowest BCUT2D eigenvalue weighted by molar-refractivity contribution is -0.0158. The molecule has 104 valence electrons. The first kappa shape index (κ1) is 12.1. The molecule has 0 amide bonds. The molecular weight excluding hydrogens is 248 g/mol. The summed E-state index contributed by atoms with van der Waals surface area (Å²) in [5.41, 5.74) is 1.29. The smallest absolute Gasteiger partial charge is 0.189 e. The van der Waals surface area contributed by atoms with E-state index in [4.69, 9.17) is 5.26 Å². The Kier molecular flexibility index (Phi) is 2.70. The predicted octanol–water partition coefficient (Wildman–Crippen LogP) is 2.77. The van der Waals surface area contributed by atoms with Crippen molar-refractivity contribution in [2.75, 3.05) is 0 Å². The number of rotatable bonds is 2. The molecule has 4 aliphatic rings. The molecule has 20 heavy (non-hydrogen) atoms. The summed E-state index contributed by atoms with van der Waals surface area (Å²) >= 11 is 0. The van der Waals surface area contributed by atoms with Crippen LogP contribution in [0.2, 0.25) is 0 Å². The third-order valence-corrected chi connectivity index (χ3v) is 5.75. The molecule has 4 nitrogen and oxygen atoms in total. The fraction of sp³-hybridized carbons (Fsp3) is 0.688. The van der Waals surface area contributed by atoms with Gasteiger partial charge in [-0.1, -0.05) is 11.3 Å². The van der Waals surface area contributed by atoms with Crippen LogP contribution in [-0.2, 0) is 7.05 Å². The molecule has 4 bridgehead atoms. The van der Waals surface area contributed by atoms with E-state index in [1.807, 2.05) is 7.05 Å². The predicted molar refractivity (Wildman–Crippen MR) is 75.3 cm³/mol. The van der Waals surface area contributed by atoms with E-state index in [2.05, 4.69) is 28.5 Å². The fourth-order valence-corrected chi connectivity index (χ4v) is 5.11. The van der Waals surface area contributed by atoms with Crippen molar-refractivity contribution in [2.24, 2.45) is 36.6 Å². The van der Waals surface area contributed by atoms with Gasteiger partial charge in [0, 0.05) is 7.05 Å². The summed E-state index contributed by atoms with van der Waals surface area (Å²) in [7, 11) is 1.85. The standard InChI is InChI=1S/C16H20N4/c1-20-16(15(9-17)18-19-20)3-2-14-12-5-10-4-11(7-12)8-13(14)6-10/h2-3,10-14H,4-8H2,1H3/b3-2+. The van der Waals surface area contributed by atoms with Crippen LogP contribution < -0.4 is 0 Å². The highest BCUT2D eigenvalue weighted by Gasteiger charge is 2.47. The van der Waals surface area contributed by atoms with Crippen LogP contribution in [0.4, 0.5) is 0 Å². The highest BCUT2D eigenvalue weighted by molar-refractivity contribution is 5.51. The van der Waals surface area contributed by atoms with Crippen molar-refractivity contribution in [1.29, 1.82) is 5.26 Å². The molecule has 4 aliphatic carbocycles. The second kappa shape index (κ2) is 4.44. The molecule has 0 radical (unpaired) electrons. The highest BCUT2D eigenvalue weighted by Crippen LogP contribution is 2.56. The van der Waals surface area contributed by atoms with Crippen molar-refractivity contribution in [3.63, 3.8) is 0 Å². The Bertz CT molecular complexity index is 564. The van der Waals surface area contributed by atoms with Crippen molar-refractivity contribution >= 4 is 6.08 Å². The number of allylic oxidation sites excluding steroid dienone is 1. The zero-order valence-electron chi connectivity index (χ0n) is 11.9. The number of hydrogen-bond donors (Lipinski definition) is 0. The quantitative estimate of drug-likeness (QED) is 0.828. The lowest BCUT2D eigenvalue weighted by Crippen LogP contribution is -2.44. The molecule has 4 saturated carbocycles. The van der Waals surface area contributed by atoms with Crippen LogP contribution in [0.3, 0.4) is 0 Å². The summed E-state index contributed by atoms with van der Waals surface area (Å²) < 4.78 is 1.70. The molecule has 0 unspecified atom stereocenters. The maximum Gasteiger partial charge on any atom is 0.189 e. The number of nitriles is 1. The minimum absolute atomic E-state index is 0.438. The molecular formula is C16H20N4. The first-order valence-corrected chi connectivity index (χ1v) is 7.72. The summed E-state index contributed by atoms with van der Waals surface area (Å²) in [6, 6.07) is 2.12. The molecule has 0 spiro atoms. The number of hydrogen-bond acceptors (Lipinski definition) is 3. The Morgan fingerprint density at radius 2 is 1.80 bits per heavy atom. The van der Waals surface area contributed by atoms with Gasteiger partial charge >= 0.3 is 0 Å². The van der Waals surface area contributed by atoms with E-state index in [1.54, 1.807) is 4.68 Å². The lowest BCUT2D eigenvalue weighted by Gasteiger charge is -2.53. The van der Waals surface area contributed by atoms with Crippen LogP contribution in [0.1, 0.15) is 43.5 Å². The van der Waals surface area contributed by atoms with Gasteiger partial charge in [-0.2, -0.15) is 5.26 Å². The van der Waals surface area contributed by atoms with Crippen LogP contribution in [0.15, 0.2) is 6.08 Å². The van der Waals surface area contributed by atoms with Gasteiger partial charge in [0.15, 0.2) is 5.69 Å². The summed E-state index contributed by atoms with van der Waals surface area (Å²) in [6.45, 7) is 0. The zero-order chi connectivity index (χ0) is 13.7. The van der Waals surface area contributed by atoms with Crippen molar-refractivity contribution in [3.8, 4) is 6.07 Å². The normalized spacial score (nSPS) is 38.5. The molecule has 1 aromatic rings. The highest BCUT2D eigenvalue weighted by atomic mass is 15.4. The van der Waals surface area contributed by atoms with Crippen molar-refractivity contribution in [1.82, 2.24) is 15.0 Å². The summed E-state index contributed by atoms with van der Waals surface area (Å²) in [4.78, 5) is 0. The van der Waals surface area contributed by atoms with E-state index in [9.17, 15) is 0 Å². The van der Waals surface area contributed by atoms with Crippen LogP contribution >= 0.6 is 0 Å². The van der Waals surface area contributed by atoms with Crippen molar-refractivity contribution in [3.05, 3.63) is 17.5 Å². The molecule has 1 heterocycles. The Hall–Kier alpha value is -1.63. The van der Waals surface area contributed by atoms with Gasteiger partial charge < -0.3 is 0 Å². The second-order valence-electron chi connectivity index (χ2n) is 6.93. The Morgan fingerprint density at radius 3 is 2.40 bits per heavy atom. The molecule has 4 heteroatoms. The monoisotopic (exact) mass is 268 g/mol. The minimum Gasteiger partial charge on any atom is -0.247 e. The third-order valence-electron chi connectivity index (χ3n) is 5.75. The fourth-order valence-electron chi connectivity index (χ4n) is 5.11. The van der Waals surface area contributed by atoms with Gasteiger partial charge in [0.05, 0.1) is 5.69 Å². The van der Waals surface area contributed by atoms with Gasteiger partial charge in [0.2, 0.25) is 0 Å². The van der Waals surface area contributed by atoms with E-state index in [-0.39, 0.29) is 0 Å². The Labute approximate surface area is 119 Å². The van der Waals surface area contributed by atoms with E-state index in [0.717, 1.165) is 29.4 Å². The van der Waals surface area contributed by atoms with E-state index >= 15 is 0 Å². The molecule has 0 aromatic carbocycles. The maximum atomic E-state index is 9.07. The maximum absolute atomic E-state index is 9.07. The number of aromatic nitrogens is 3. The van der Waals surface area contributed by atoms with Crippen molar-refractivity contribution in [2.45, 2.75) is 32.1 Å². The lowest BCUT2D eigenvalue weighted by atomic mass is 9.52. The van der Waals surface area contributed by atoms with E-state index < -0.39 is 0 Å². The van der Waals surface area contributed by atoms with Crippen LogP contribution in [-0.4, -0.2) is 15.0 Å². The van der Waals surface area contributed by atoms with Gasteiger partial charge in [-0.3, -0.25) is 0 Å². The first-order chi connectivity index (χ1) is 9.74. The summed E-state index contributed by atoms with van der Waals surface area (Å²) in [5, 5.41) is 16.9. The topological polar surface area (TPSA) is 54.5 Å². The third kappa shape index (κ3) is 1.80. The zero-order valence-corrected chi connectivity index (χ0v) is 11.9. The first-order valence-electron chi connectivity index (χ1n) is 7.72. The Balaban J connectivity index is 1.59. The molecule has 1 aromatic heterocycles. The molecule has 0 saturated heterocycles. The Morgan fingerprint density at radius 1 is 1.15 bits per heavy atom. The van der Waals surface area contributed by atoms with Crippen molar-refractivity contribution < 1.29 is 0 Å². The van der Waals surface area contributed by atoms with Crippen LogP contribution in [0, 0.1) is 40.9 Å². The largest absolute Gasteiger partial charge is 0.247 e. The molecule has 0 N–H and O–H groups in total. The number of aryl methyl sites for hydroxylation is 1. The molecule has 5 rings (SSSR count). The minimum atomic E-state index is 0.438. The van der Waals surface area contributed by atoms with Gasteiger partial charge in [-0.05, 0) is 67.8 Å². The van der Waals surface area contributed by atoms with E-state index in [0.29, 0.717) is 11.6 Å². The molecule has 0 aliphatic heterocycles. The summed E-state index contributed by atoms with van der Waals surface area (Å²) in [5.74, 6) is 4.50.